The lowest BCUT2D eigenvalue weighted by molar-refractivity contribution is 0.558. The maximum absolute atomic E-state index is 8.90. The quantitative estimate of drug-likeness (QED) is 0.810. The molecule has 0 heterocycles. The number of hydrogen-bond donors (Lipinski definition) is 1. The van der Waals surface area contributed by atoms with Crippen molar-refractivity contribution >= 4 is 0 Å². The smallest absolute Gasteiger partial charge is 0.0703 e. The Kier molecular flexibility index (Phi) is 2.75. The summed E-state index contributed by atoms with van der Waals surface area (Å²) in [5.74, 6) is 0. The summed E-state index contributed by atoms with van der Waals surface area (Å²) < 4.78 is 0. The zero-order valence-electron chi connectivity index (χ0n) is 9.09. The molecular formula is C13H16N2. The van der Waals surface area contributed by atoms with Gasteiger partial charge in [-0.3, -0.25) is 0 Å². The summed E-state index contributed by atoms with van der Waals surface area (Å²) in [6.07, 6.45) is 2.12. The Labute approximate surface area is 90.9 Å². The second-order valence-electron chi connectivity index (χ2n) is 4.48. The highest BCUT2D eigenvalue weighted by Crippen LogP contribution is 2.44. The Morgan fingerprint density at radius 2 is 2.00 bits per heavy atom. The first kappa shape index (κ1) is 10.2. The Morgan fingerprint density at radius 3 is 2.53 bits per heavy atom. The molecule has 0 amide bonds. The summed E-state index contributed by atoms with van der Waals surface area (Å²) in [4.78, 5) is 0. The maximum Gasteiger partial charge on any atom is 0.0703 e. The first-order valence-corrected chi connectivity index (χ1v) is 5.42. The number of nitrogens with one attached hydrogen (secondary N) is 1. The minimum Gasteiger partial charge on any atom is -0.311 e. The summed E-state index contributed by atoms with van der Waals surface area (Å²) in [6.45, 7) is 3.78. The fourth-order valence-corrected chi connectivity index (χ4v) is 1.63. The van der Waals surface area contributed by atoms with Crippen LogP contribution in [0.5, 0.6) is 0 Å². The second kappa shape index (κ2) is 4.04. The SMILES string of the molecule is Cc1ccc(CNCC2(C#N)CC2)cc1. The van der Waals surface area contributed by atoms with Gasteiger partial charge in [-0.2, -0.15) is 5.26 Å². The van der Waals surface area contributed by atoms with Crippen LogP contribution < -0.4 is 5.32 Å². The molecule has 2 rings (SSSR count). The molecule has 1 N–H and O–H groups in total. The van der Waals surface area contributed by atoms with Crippen molar-refractivity contribution in [3.8, 4) is 6.07 Å². The highest BCUT2D eigenvalue weighted by Gasteiger charge is 2.42. The summed E-state index contributed by atoms with van der Waals surface area (Å²) in [5, 5.41) is 12.3. The van der Waals surface area contributed by atoms with Crippen LogP contribution in [0, 0.1) is 23.7 Å². The Morgan fingerprint density at radius 1 is 1.33 bits per heavy atom. The molecule has 1 aromatic rings. The molecule has 1 aliphatic carbocycles. The van der Waals surface area contributed by atoms with Gasteiger partial charge in [0.05, 0.1) is 11.5 Å². The van der Waals surface area contributed by atoms with Gasteiger partial charge in [-0.1, -0.05) is 29.8 Å². The van der Waals surface area contributed by atoms with Crippen molar-refractivity contribution in [2.45, 2.75) is 26.3 Å². The predicted octanol–water partition coefficient (Wildman–Crippen LogP) is 2.39. The summed E-state index contributed by atoms with van der Waals surface area (Å²) >= 11 is 0. The molecule has 0 aliphatic heterocycles. The molecule has 15 heavy (non-hydrogen) atoms. The fraction of sp³-hybridized carbons (Fsp3) is 0.462. The van der Waals surface area contributed by atoms with Crippen molar-refractivity contribution in [3.05, 3.63) is 35.4 Å². The van der Waals surface area contributed by atoms with E-state index in [1.165, 1.54) is 11.1 Å². The van der Waals surface area contributed by atoms with Crippen molar-refractivity contribution in [3.63, 3.8) is 0 Å². The van der Waals surface area contributed by atoms with E-state index in [-0.39, 0.29) is 5.41 Å². The molecule has 1 aromatic carbocycles. The first-order valence-electron chi connectivity index (χ1n) is 5.42. The molecule has 0 aromatic heterocycles. The van der Waals surface area contributed by atoms with Gasteiger partial charge >= 0.3 is 0 Å². The van der Waals surface area contributed by atoms with E-state index in [0.717, 1.165) is 25.9 Å². The zero-order chi connectivity index (χ0) is 10.7. The van der Waals surface area contributed by atoms with E-state index in [9.17, 15) is 0 Å². The number of nitriles is 1. The number of aryl methyl sites for hydroxylation is 1. The molecule has 2 heteroatoms. The van der Waals surface area contributed by atoms with Gasteiger partial charge in [-0.15, -0.1) is 0 Å². The van der Waals surface area contributed by atoms with E-state index in [0.29, 0.717) is 0 Å². The van der Waals surface area contributed by atoms with E-state index in [1.54, 1.807) is 0 Å². The minimum absolute atomic E-state index is 0.0370. The molecule has 2 nitrogen and oxygen atoms in total. The summed E-state index contributed by atoms with van der Waals surface area (Å²) in [5.41, 5.74) is 2.54. The largest absolute Gasteiger partial charge is 0.311 e. The molecule has 1 saturated carbocycles. The molecule has 0 bridgehead atoms. The van der Waals surface area contributed by atoms with Crippen molar-refractivity contribution < 1.29 is 0 Å². The number of rotatable bonds is 4. The molecule has 78 valence electrons. The second-order valence-corrected chi connectivity index (χ2v) is 4.48. The van der Waals surface area contributed by atoms with Crippen LogP contribution in [0.3, 0.4) is 0 Å². The lowest BCUT2D eigenvalue weighted by Gasteiger charge is -2.08. The van der Waals surface area contributed by atoms with Crippen molar-refractivity contribution in [1.82, 2.24) is 5.32 Å². The number of hydrogen-bond acceptors (Lipinski definition) is 2. The number of nitrogens with zero attached hydrogens (tertiary/aromatic N) is 1. The van der Waals surface area contributed by atoms with Gasteiger partial charge in [0.1, 0.15) is 0 Å². The molecule has 1 aliphatic rings. The zero-order valence-corrected chi connectivity index (χ0v) is 9.09. The minimum atomic E-state index is -0.0370. The lowest BCUT2D eigenvalue weighted by atomic mass is 10.1. The van der Waals surface area contributed by atoms with Crippen LogP contribution in [0.2, 0.25) is 0 Å². The van der Waals surface area contributed by atoms with E-state index < -0.39 is 0 Å². The molecule has 1 fully saturated rings. The van der Waals surface area contributed by atoms with E-state index in [2.05, 4.69) is 42.6 Å². The van der Waals surface area contributed by atoms with Gasteiger partial charge in [0.25, 0.3) is 0 Å². The van der Waals surface area contributed by atoms with Gasteiger partial charge in [0.15, 0.2) is 0 Å². The Bertz CT molecular complexity index is 369. The number of benzene rings is 1. The normalized spacial score (nSPS) is 17.1. The van der Waals surface area contributed by atoms with Gasteiger partial charge in [0, 0.05) is 13.1 Å². The van der Waals surface area contributed by atoms with Gasteiger partial charge in [-0.05, 0) is 25.3 Å². The van der Waals surface area contributed by atoms with E-state index in [4.69, 9.17) is 5.26 Å². The molecule has 0 saturated heterocycles. The standard InChI is InChI=1S/C13H16N2/c1-11-2-4-12(5-3-11)8-15-10-13(9-14)6-7-13/h2-5,15H,6-8,10H2,1H3. The summed E-state index contributed by atoms with van der Waals surface area (Å²) in [7, 11) is 0. The fourth-order valence-electron chi connectivity index (χ4n) is 1.63. The molecule has 0 spiro atoms. The predicted molar refractivity (Wildman–Crippen MR) is 60.2 cm³/mol. The molecule has 0 unspecified atom stereocenters. The highest BCUT2D eigenvalue weighted by molar-refractivity contribution is 5.21. The van der Waals surface area contributed by atoms with Crippen LogP contribution in [0.25, 0.3) is 0 Å². The third kappa shape index (κ3) is 2.57. The third-order valence-electron chi connectivity index (χ3n) is 3.00. The first-order chi connectivity index (χ1) is 7.24. The average molecular weight is 200 g/mol. The van der Waals surface area contributed by atoms with Crippen LogP contribution in [-0.2, 0) is 6.54 Å². The van der Waals surface area contributed by atoms with Crippen molar-refractivity contribution in [2.75, 3.05) is 6.54 Å². The van der Waals surface area contributed by atoms with E-state index >= 15 is 0 Å². The maximum atomic E-state index is 8.90. The third-order valence-corrected chi connectivity index (χ3v) is 3.00. The van der Waals surface area contributed by atoms with Crippen molar-refractivity contribution in [2.24, 2.45) is 5.41 Å². The topological polar surface area (TPSA) is 35.8 Å². The highest BCUT2D eigenvalue weighted by atomic mass is 14.9. The van der Waals surface area contributed by atoms with Crippen LogP contribution in [0.4, 0.5) is 0 Å². The van der Waals surface area contributed by atoms with Crippen LogP contribution in [0.15, 0.2) is 24.3 Å². The van der Waals surface area contributed by atoms with E-state index in [1.807, 2.05) is 0 Å². The van der Waals surface area contributed by atoms with Crippen LogP contribution in [0.1, 0.15) is 24.0 Å². The molecule has 0 radical (unpaired) electrons. The van der Waals surface area contributed by atoms with Gasteiger partial charge < -0.3 is 5.32 Å². The van der Waals surface area contributed by atoms with Gasteiger partial charge in [-0.25, -0.2) is 0 Å². The van der Waals surface area contributed by atoms with Gasteiger partial charge in [0.2, 0.25) is 0 Å². The van der Waals surface area contributed by atoms with Crippen LogP contribution in [-0.4, -0.2) is 6.54 Å². The monoisotopic (exact) mass is 200 g/mol. The Balaban J connectivity index is 1.79. The average Bonchev–Trinajstić information content (AvgIpc) is 3.02. The molecular weight excluding hydrogens is 184 g/mol. The molecule has 0 atom stereocenters. The summed E-state index contributed by atoms with van der Waals surface area (Å²) in [6, 6.07) is 10.9. The Hall–Kier alpha value is -1.33. The lowest BCUT2D eigenvalue weighted by Crippen LogP contribution is -2.22. The van der Waals surface area contributed by atoms with Crippen molar-refractivity contribution in [1.29, 1.82) is 5.26 Å². The van der Waals surface area contributed by atoms with Crippen LogP contribution >= 0.6 is 0 Å².